The Hall–Kier alpha value is 0. The van der Waals surface area contributed by atoms with Crippen LogP contribution in [0.4, 0.5) is 0 Å². The Bertz CT molecular complexity index is 141. The zero-order chi connectivity index (χ0) is 9.35. The largest absolute Gasteiger partial charge is 0.0625 e. The van der Waals surface area contributed by atoms with E-state index in [1.165, 1.54) is 19.3 Å². The molecule has 0 nitrogen and oxygen atoms in total. The maximum Gasteiger partial charge on any atom is -0.0337 e. The predicted molar refractivity (Wildman–Crippen MR) is 55.1 cm³/mol. The molecule has 1 aliphatic carbocycles. The van der Waals surface area contributed by atoms with E-state index < -0.39 is 0 Å². The van der Waals surface area contributed by atoms with Crippen molar-refractivity contribution in [3.63, 3.8) is 0 Å². The first kappa shape index (κ1) is 10.1. The van der Waals surface area contributed by atoms with E-state index in [-0.39, 0.29) is 0 Å². The second-order valence-electron chi connectivity index (χ2n) is 5.87. The van der Waals surface area contributed by atoms with Crippen molar-refractivity contribution in [1.29, 1.82) is 0 Å². The fraction of sp³-hybridized carbons (Fsp3) is 1.00. The SMILES string of the molecule is CC1CCC(C)C(C(C)(C)C)C1. The van der Waals surface area contributed by atoms with Gasteiger partial charge in [0.1, 0.15) is 0 Å². The molecule has 0 aromatic carbocycles. The van der Waals surface area contributed by atoms with Gasteiger partial charge in [0, 0.05) is 0 Å². The first-order chi connectivity index (χ1) is 5.41. The molecule has 0 aliphatic heterocycles. The van der Waals surface area contributed by atoms with Gasteiger partial charge in [0.25, 0.3) is 0 Å². The Morgan fingerprint density at radius 3 is 2.00 bits per heavy atom. The maximum absolute atomic E-state index is 2.43. The molecular weight excluding hydrogens is 144 g/mol. The van der Waals surface area contributed by atoms with Crippen molar-refractivity contribution >= 4 is 0 Å². The highest BCUT2D eigenvalue weighted by Gasteiger charge is 2.33. The van der Waals surface area contributed by atoms with Gasteiger partial charge < -0.3 is 0 Å². The Morgan fingerprint density at radius 1 is 1.00 bits per heavy atom. The van der Waals surface area contributed by atoms with Crippen LogP contribution < -0.4 is 0 Å². The van der Waals surface area contributed by atoms with Crippen LogP contribution in [-0.2, 0) is 0 Å². The minimum atomic E-state index is 0.522. The van der Waals surface area contributed by atoms with Gasteiger partial charge in [-0.1, -0.05) is 47.5 Å². The Balaban J connectivity index is 2.61. The lowest BCUT2D eigenvalue weighted by molar-refractivity contribution is 0.0916. The van der Waals surface area contributed by atoms with Crippen molar-refractivity contribution in [3.8, 4) is 0 Å². The highest BCUT2D eigenvalue weighted by molar-refractivity contribution is 4.83. The van der Waals surface area contributed by atoms with E-state index in [0.717, 1.165) is 17.8 Å². The third-order valence-electron chi connectivity index (χ3n) is 3.57. The Kier molecular flexibility index (Phi) is 2.85. The topological polar surface area (TPSA) is 0 Å². The van der Waals surface area contributed by atoms with Crippen molar-refractivity contribution in [1.82, 2.24) is 0 Å². The third-order valence-corrected chi connectivity index (χ3v) is 3.57. The smallest absolute Gasteiger partial charge is 0.0337 e. The lowest BCUT2D eigenvalue weighted by atomic mass is 9.64. The van der Waals surface area contributed by atoms with Gasteiger partial charge in [0.15, 0.2) is 0 Å². The van der Waals surface area contributed by atoms with E-state index in [2.05, 4.69) is 34.6 Å². The standard InChI is InChI=1S/C12H24/c1-9-6-7-10(2)11(8-9)12(3,4)5/h9-11H,6-8H2,1-5H3. The van der Waals surface area contributed by atoms with Gasteiger partial charge in [-0.15, -0.1) is 0 Å². The zero-order valence-corrected chi connectivity index (χ0v) is 9.35. The first-order valence-corrected chi connectivity index (χ1v) is 5.41. The third kappa shape index (κ3) is 2.24. The molecule has 0 heteroatoms. The van der Waals surface area contributed by atoms with E-state index in [4.69, 9.17) is 0 Å². The van der Waals surface area contributed by atoms with Crippen molar-refractivity contribution in [2.45, 2.75) is 53.9 Å². The number of hydrogen-bond donors (Lipinski definition) is 0. The highest BCUT2D eigenvalue weighted by Crippen LogP contribution is 2.43. The molecule has 0 N–H and O–H groups in total. The molecule has 0 aromatic rings. The van der Waals surface area contributed by atoms with E-state index in [0.29, 0.717) is 5.41 Å². The summed E-state index contributed by atoms with van der Waals surface area (Å²) in [5.74, 6) is 2.85. The van der Waals surface area contributed by atoms with E-state index >= 15 is 0 Å². The van der Waals surface area contributed by atoms with Gasteiger partial charge in [-0.25, -0.2) is 0 Å². The summed E-state index contributed by atoms with van der Waals surface area (Å²) in [6.45, 7) is 12.0. The second-order valence-corrected chi connectivity index (χ2v) is 5.87. The summed E-state index contributed by atoms with van der Waals surface area (Å²) >= 11 is 0. The van der Waals surface area contributed by atoms with Crippen LogP contribution in [0.5, 0.6) is 0 Å². The fourth-order valence-corrected chi connectivity index (χ4v) is 2.74. The first-order valence-electron chi connectivity index (χ1n) is 5.41. The average molecular weight is 168 g/mol. The number of hydrogen-bond acceptors (Lipinski definition) is 0. The van der Waals surface area contributed by atoms with Crippen LogP contribution in [0.3, 0.4) is 0 Å². The molecule has 3 atom stereocenters. The molecule has 3 unspecified atom stereocenters. The lowest BCUT2D eigenvalue weighted by Crippen LogP contribution is -2.32. The molecule has 0 radical (unpaired) electrons. The summed E-state index contributed by atoms with van der Waals surface area (Å²) < 4.78 is 0. The molecule has 1 aliphatic rings. The average Bonchev–Trinajstić information content (AvgIpc) is 1.92. The molecule has 0 heterocycles. The molecule has 0 aromatic heterocycles. The Labute approximate surface area is 77.7 Å². The molecule has 0 amide bonds. The monoisotopic (exact) mass is 168 g/mol. The molecule has 0 spiro atoms. The van der Waals surface area contributed by atoms with Gasteiger partial charge in [-0.2, -0.15) is 0 Å². The minimum absolute atomic E-state index is 0.522. The molecule has 1 fully saturated rings. The van der Waals surface area contributed by atoms with Crippen molar-refractivity contribution in [2.75, 3.05) is 0 Å². The van der Waals surface area contributed by atoms with Crippen LogP contribution in [-0.4, -0.2) is 0 Å². The maximum atomic E-state index is 2.43. The summed E-state index contributed by atoms with van der Waals surface area (Å²) in [6, 6.07) is 0. The quantitative estimate of drug-likeness (QED) is 0.511. The molecule has 0 bridgehead atoms. The minimum Gasteiger partial charge on any atom is -0.0625 e. The van der Waals surface area contributed by atoms with Gasteiger partial charge >= 0.3 is 0 Å². The highest BCUT2D eigenvalue weighted by atomic mass is 14.4. The van der Waals surface area contributed by atoms with Crippen LogP contribution in [0.25, 0.3) is 0 Å². The van der Waals surface area contributed by atoms with Gasteiger partial charge in [0.05, 0.1) is 0 Å². The van der Waals surface area contributed by atoms with Crippen LogP contribution in [0, 0.1) is 23.2 Å². The summed E-state index contributed by atoms with van der Waals surface area (Å²) in [5.41, 5.74) is 0.522. The molecule has 0 saturated heterocycles. The van der Waals surface area contributed by atoms with Crippen LogP contribution in [0.1, 0.15) is 53.9 Å². The Morgan fingerprint density at radius 2 is 1.58 bits per heavy atom. The fourth-order valence-electron chi connectivity index (χ4n) is 2.74. The van der Waals surface area contributed by atoms with Crippen LogP contribution >= 0.6 is 0 Å². The van der Waals surface area contributed by atoms with E-state index in [1.54, 1.807) is 0 Å². The normalized spacial score (nSPS) is 38.2. The predicted octanol–water partition coefficient (Wildman–Crippen LogP) is 4.10. The van der Waals surface area contributed by atoms with Crippen molar-refractivity contribution < 1.29 is 0 Å². The molecule has 1 saturated carbocycles. The van der Waals surface area contributed by atoms with Gasteiger partial charge in [-0.05, 0) is 29.6 Å². The summed E-state index contributed by atoms with van der Waals surface area (Å²) in [7, 11) is 0. The van der Waals surface area contributed by atoms with Gasteiger partial charge in [-0.3, -0.25) is 0 Å². The lowest BCUT2D eigenvalue weighted by Gasteiger charge is -2.41. The van der Waals surface area contributed by atoms with Crippen molar-refractivity contribution in [2.24, 2.45) is 23.2 Å². The van der Waals surface area contributed by atoms with E-state index in [1.807, 2.05) is 0 Å². The summed E-state index contributed by atoms with van der Waals surface area (Å²) in [4.78, 5) is 0. The number of rotatable bonds is 0. The molecule has 1 rings (SSSR count). The van der Waals surface area contributed by atoms with Crippen LogP contribution in [0.2, 0.25) is 0 Å². The van der Waals surface area contributed by atoms with E-state index in [9.17, 15) is 0 Å². The second kappa shape index (κ2) is 3.40. The molecule has 12 heavy (non-hydrogen) atoms. The van der Waals surface area contributed by atoms with Gasteiger partial charge in [0.2, 0.25) is 0 Å². The molecular formula is C12H24. The molecule has 72 valence electrons. The van der Waals surface area contributed by atoms with Crippen molar-refractivity contribution in [3.05, 3.63) is 0 Å². The zero-order valence-electron chi connectivity index (χ0n) is 9.35. The summed E-state index contributed by atoms with van der Waals surface area (Å²) in [6.07, 6.45) is 4.35. The van der Waals surface area contributed by atoms with Crippen LogP contribution in [0.15, 0.2) is 0 Å². The summed E-state index contributed by atoms with van der Waals surface area (Å²) in [5, 5.41) is 0.